The molecule has 1 aromatic carbocycles. The molecule has 4 fully saturated rings. The minimum Gasteiger partial charge on any atom is -0.496 e. The summed E-state index contributed by atoms with van der Waals surface area (Å²) in [6.07, 6.45) is 6.08. The van der Waals surface area contributed by atoms with Crippen molar-refractivity contribution in [2.75, 3.05) is 38.2 Å². The van der Waals surface area contributed by atoms with Crippen LogP contribution in [0.25, 0.3) is 0 Å². The van der Waals surface area contributed by atoms with Gasteiger partial charge in [0.25, 0.3) is 0 Å². The molecule has 2 aromatic rings. The van der Waals surface area contributed by atoms with Gasteiger partial charge >= 0.3 is 0 Å². The highest BCUT2D eigenvalue weighted by molar-refractivity contribution is 5.92. The molecule has 0 radical (unpaired) electrons. The van der Waals surface area contributed by atoms with E-state index in [1.54, 1.807) is 13.4 Å². The lowest BCUT2D eigenvalue weighted by atomic mass is 9.93. The zero-order valence-electron chi connectivity index (χ0n) is 17.5. The fourth-order valence-electron chi connectivity index (χ4n) is 5.55. The average Bonchev–Trinajstić information content (AvgIpc) is 3.69. The molecular formula is C24H28N4O2. The fraction of sp³-hybridized carbons (Fsp3) is 0.542. The average molecular weight is 405 g/mol. The minimum atomic E-state index is -0.364. The van der Waals surface area contributed by atoms with Gasteiger partial charge in [0.1, 0.15) is 17.9 Å². The van der Waals surface area contributed by atoms with Crippen molar-refractivity contribution < 1.29 is 9.53 Å². The Bertz CT molecular complexity index is 971. The van der Waals surface area contributed by atoms with Crippen molar-refractivity contribution in [2.45, 2.75) is 37.0 Å². The van der Waals surface area contributed by atoms with Crippen molar-refractivity contribution in [2.24, 2.45) is 11.8 Å². The van der Waals surface area contributed by atoms with E-state index in [2.05, 4.69) is 31.9 Å². The van der Waals surface area contributed by atoms with E-state index >= 15 is 0 Å². The predicted molar refractivity (Wildman–Crippen MR) is 114 cm³/mol. The summed E-state index contributed by atoms with van der Waals surface area (Å²) in [6.45, 7) is 3.68. The van der Waals surface area contributed by atoms with Gasteiger partial charge in [0.15, 0.2) is 0 Å². The number of aromatic nitrogens is 2. The summed E-state index contributed by atoms with van der Waals surface area (Å²) in [7, 11) is 1.69. The number of rotatable bonds is 5. The second-order valence-electron chi connectivity index (χ2n) is 9.49. The first-order chi connectivity index (χ1) is 14.7. The maximum atomic E-state index is 13.5. The second-order valence-corrected chi connectivity index (χ2v) is 9.49. The predicted octanol–water partition coefficient (Wildman–Crippen LogP) is 2.99. The number of anilines is 1. The molecule has 2 saturated carbocycles. The molecule has 4 aliphatic rings. The molecule has 6 heteroatoms. The highest BCUT2D eigenvalue weighted by atomic mass is 16.5. The van der Waals surface area contributed by atoms with Gasteiger partial charge in [0, 0.05) is 61.3 Å². The topological polar surface area (TPSA) is 58.6 Å². The van der Waals surface area contributed by atoms with Crippen LogP contribution in [-0.4, -0.2) is 54.1 Å². The Kier molecular flexibility index (Phi) is 4.05. The Labute approximate surface area is 177 Å². The van der Waals surface area contributed by atoms with Crippen LogP contribution in [0.3, 0.4) is 0 Å². The van der Waals surface area contributed by atoms with Gasteiger partial charge in [-0.3, -0.25) is 4.79 Å². The number of carbonyl (C=O) groups excluding carboxylic acids is 1. The van der Waals surface area contributed by atoms with E-state index < -0.39 is 0 Å². The van der Waals surface area contributed by atoms with Gasteiger partial charge in [-0.2, -0.15) is 0 Å². The minimum absolute atomic E-state index is 0.297. The smallest absolute Gasteiger partial charge is 0.233 e. The maximum absolute atomic E-state index is 13.5. The van der Waals surface area contributed by atoms with Crippen LogP contribution in [0, 0.1) is 11.8 Å². The van der Waals surface area contributed by atoms with Crippen LogP contribution in [0.15, 0.2) is 36.7 Å². The van der Waals surface area contributed by atoms with Crippen molar-refractivity contribution in [3.8, 4) is 5.75 Å². The van der Waals surface area contributed by atoms with E-state index in [1.165, 1.54) is 18.5 Å². The van der Waals surface area contributed by atoms with Gasteiger partial charge in [-0.25, -0.2) is 9.97 Å². The number of nitrogens with zero attached hydrogens (tertiary/aromatic N) is 4. The fourth-order valence-corrected chi connectivity index (χ4v) is 5.55. The molecule has 156 valence electrons. The third kappa shape index (κ3) is 2.88. The second kappa shape index (κ2) is 6.69. The van der Waals surface area contributed by atoms with Crippen molar-refractivity contribution in [3.05, 3.63) is 47.9 Å². The molecule has 3 heterocycles. The zero-order chi connectivity index (χ0) is 20.3. The van der Waals surface area contributed by atoms with E-state index in [1.807, 2.05) is 18.2 Å². The monoisotopic (exact) mass is 404 g/mol. The number of carbonyl (C=O) groups is 1. The number of likely N-dealkylation sites (tertiary alicyclic amines) is 1. The Morgan fingerprint density at radius 1 is 1.07 bits per heavy atom. The van der Waals surface area contributed by atoms with E-state index in [4.69, 9.17) is 4.74 Å². The van der Waals surface area contributed by atoms with E-state index in [0.717, 1.165) is 56.2 Å². The van der Waals surface area contributed by atoms with Crippen LogP contribution >= 0.6 is 0 Å². The van der Waals surface area contributed by atoms with Crippen LogP contribution in [0.1, 0.15) is 42.9 Å². The molecule has 0 N–H and O–H groups in total. The Morgan fingerprint density at radius 2 is 1.80 bits per heavy atom. The SMILES string of the molecule is COc1ccccc1C1(C(=O)N2CC3CN(c4cc(C5CC5)ncn4)CC3C2)CC1. The lowest BCUT2D eigenvalue weighted by Gasteiger charge is -2.27. The largest absolute Gasteiger partial charge is 0.496 e. The van der Waals surface area contributed by atoms with Crippen molar-refractivity contribution in [1.82, 2.24) is 14.9 Å². The number of ether oxygens (including phenoxy) is 1. The molecule has 30 heavy (non-hydrogen) atoms. The molecule has 2 aliphatic carbocycles. The van der Waals surface area contributed by atoms with Gasteiger partial charge in [-0.1, -0.05) is 18.2 Å². The Morgan fingerprint density at radius 3 is 2.47 bits per heavy atom. The molecular weight excluding hydrogens is 376 g/mol. The first-order valence-electron chi connectivity index (χ1n) is 11.2. The Hall–Kier alpha value is -2.63. The summed E-state index contributed by atoms with van der Waals surface area (Å²) in [5.41, 5.74) is 1.89. The molecule has 6 nitrogen and oxygen atoms in total. The van der Waals surface area contributed by atoms with Gasteiger partial charge in [-0.05, 0) is 31.7 Å². The van der Waals surface area contributed by atoms with E-state index in [-0.39, 0.29) is 5.41 Å². The number of methoxy groups -OCH3 is 1. The summed E-state index contributed by atoms with van der Waals surface area (Å²) >= 11 is 0. The Balaban J connectivity index is 1.15. The summed E-state index contributed by atoms with van der Waals surface area (Å²) in [4.78, 5) is 27.1. The summed E-state index contributed by atoms with van der Waals surface area (Å²) < 4.78 is 5.56. The number of para-hydroxylation sites is 1. The maximum Gasteiger partial charge on any atom is 0.233 e. The number of benzene rings is 1. The van der Waals surface area contributed by atoms with Gasteiger partial charge < -0.3 is 14.5 Å². The van der Waals surface area contributed by atoms with Crippen LogP contribution in [0.4, 0.5) is 5.82 Å². The van der Waals surface area contributed by atoms with Crippen LogP contribution < -0.4 is 9.64 Å². The molecule has 6 rings (SSSR count). The number of hydrogen-bond donors (Lipinski definition) is 0. The molecule has 2 saturated heterocycles. The molecule has 0 bridgehead atoms. The van der Waals surface area contributed by atoms with Gasteiger partial charge in [0.2, 0.25) is 5.91 Å². The molecule has 1 aromatic heterocycles. The summed E-state index contributed by atoms with van der Waals surface area (Å²) in [5, 5.41) is 0. The van der Waals surface area contributed by atoms with Gasteiger partial charge in [-0.15, -0.1) is 0 Å². The standard InChI is InChI=1S/C24H28N4O2/c1-30-21-5-3-2-4-19(21)24(8-9-24)23(29)28-13-17-11-27(12-18(17)14-28)22-10-20(16-6-7-16)25-15-26-22/h2-5,10,15-18H,6-9,11-14H2,1H3. The first kappa shape index (κ1) is 18.2. The van der Waals surface area contributed by atoms with Crippen molar-refractivity contribution >= 4 is 11.7 Å². The van der Waals surface area contributed by atoms with Crippen molar-refractivity contribution in [1.29, 1.82) is 0 Å². The lowest BCUT2D eigenvalue weighted by molar-refractivity contribution is -0.133. The molecule has 2 unspecified atom stereocenters. The molecule has 1 amide bonds. The molecule has 2 aliphatic heterocycles. The molecule has 2 atom stereocenters. The van der Waals surface area contributed by atoms with Crippen molar-refractivity contribution in [3.63, 3.8) is 0 Å². The van der Waals surface area contributed by atoms with Crippen LogP contribution in [0.2, 0.25) is 0 Å². The van der Waals surface area contributed by atoms with Gasteiger partial charge in [0.05, 0.1) is 12.5 Å². The highest BCUT2D eigenvalue weighted by Crippen LogP contribution is 2.53. The number of hydrogen-bond acceptors (Lipinski definition) is 5. The quantitative estimate of drug-likeness (QED) is 0.767. The highest BCUT2D eigenvalue weighted by Gasteiger charge is 2.56. The van der Waals surface area contributed by atoms with Crippen LogP contribution in [0.5, 0.6) is 5.75 Å². The normalized spacial score (nSPS) is 26.6. The first-order valence-corrected chi connectivity index (χ1v) is 11.2. The zero-order valence-corrected chi connectivity index (χ0v) is 17.5. The third-order valence-electron chi connectivity index (χ3n) is 7.55. The number of fused-ring (bicyclic) bond motifs is 1. The third-order valence-corrected chi connectivity index (χ3v) is 7.55. The lowest BCUT2D eigenvalue weighted by Crippen LogP contribution is -2.40. The van der Waals surface area contributed by atoms with Crippen LogP contribution in [-0.2, 0) is 10.2 Å². The summed E-state index contributed by atoms with van der Waals surface area (Å²) in [6, 6.07) is 10.2. The molecule has 0 spiro atoms. The summed E-state index contributed by atoms with van der Waals surface area (Å²) in [5.74, 6) is 3.90. The number of amides is 1. The van der Waals surface area contributed by atoms with E-state index in [0.29, 0.717) is 23.7 Å². The van der Waals surface area contributed by atoms with E-state index in [9.17, 15) is 4.79 Å².